The van der Waals surface area contributed by atoms with Gasteiger partial charge < -0.3 is 55.5 Å². The molecule has 4 aromatic rings. The Morgan fingerprint density at radius 2 is 1.43 bits per heavy atom. The number of methoxy groups -OCH3 is 1. The number of ether oxygens (including phenoxy) is 3. The molecule has 0 aliphatic rings. The zero-order valence-electron chi connectivity index (χ0n) is 23.9. The van der Waals surface area contributed by atoms with E-state index in [-0.39, 0.29) is 12.1 Å². The van der Waals surface area contributed by atoms with E-state index in [0.717, 1.165) is 27.6 Å². The highest BCUT2D eigenvalue weighted by atomic mass is 16.5. The lowest BCUT2D eigenvalue weighted by Crippen LogP contribution is -2.42. The Bertz CT molecular complexity index is 1520. The molecule has 0 aliphatic heterocycles. The van der Waals surface area contributed by atoms with E-state index in [0.29, 0.717) is 31.2 Å². The van der Waals surface area contributed by atoms with Crippen LogP contribution in [0.5, 0.6) is 17.2 Å². The molecule has 1 heterocycles. The van der Waals surface area contributed by atoms with Crippen molar-refractivity contribution in [3.8, 4) is 17.2 Å². The van der Waals surface area contributed by atoms with Crippen LogP contribution in [0.15, 0.2) is 66.7 Å². The summed E-state index contributed by atoms with van der Waals surface area (Å²) in [4.78, 5) is 33.9. The number of carboxylic acids is 3. The number of carboxylic acid groups (broad SMARTS) is 3. The molecule has 0 fully saturated rings. The molecule has 3 aromatic carbocycles. The van der Waals surface area contributed by atoms with E-state index in [1.54, 1.807) is 7.11 Å². The van der Waals surface area contributed by atoms with E-state index in [2.05, 4.69) is 16.4 Å². The first kappa shape index (κ1) is 35.3. The first-order chi connectivity index (χ1) is 20.5. The van der Waals surface area contributed by atoms with E-state index in [1.807, 2.05) is 60.7 Å². The second-order valence-corrected chi connectivity index (χ2v) is 9.50. The molecule has 238 valence electrons. The summed E-state index contributed by atoms with van der Waals surface area (Å²) in [5.74, 6) is -2.84. The van der Waals surface area contributed by atoms with Gasteiger partial charge in [0.25, 0.3) is 0 Å². The summed E-state index contributed by atoms with van der Waals surface area (Å²) in [6.45, 7) is 1.70. The van der Waals surface area contributed by atoms with Gasteiger partial charge in [-0.05, 0) is 30.3 Å². The van der Waals surface area contributed by atoms with Crippen molar-refractivity contribution in [2.24, 2.45) is 0 Å². The number of para-hydroxylation sites is 3. The number of rotatable bonds is 15. The van der Waals surface area contributed by atoms with Crippen LogP contribution in [0.4, 0.5) is 0 Å². The summed E-state index contributed by atoms with van der Waals surface area (Å²) in [7, 11) is 1.62. The number of aliphatic hydroxyl groups is 2. The van der Waals surface area contributed by atoms with E-state index >= 15 is 0 Å². The predicted molar refractivity (Wildman–Crippen MR) is 159 cm³/mol. The van der Waals surface area contributed by atoms with Crippen LogP contribution in [0, 0.1) is 0 Å². The second kappa shape index (κ2) is 16.7. The molecule has 4 rings (SSSR count). The predicted octanol–water partition coefficient (Wildman–Crippen LogP) is 1.66. The second-order valence-electron chi connectivity index (χ2n) is 9.50. The number of H-pyrrole nitrogens is 1. The average Bonchev–Trinajstić information content (AvgIpc) is 3.35. The monoisotopic (exact) mass is 616 g/mol. The van der Waals surface area contributed by atoms with Crippen LogP contribution in [0.25, 0.3) is 21.8 Å². The van der Waals surface area contributed by atoms with Gasteiger partial charge in [-0.25, -0.2) is 4.79 Å². The van der Waals surface area contributed by atoms with E-state index in [9.17, 15) is 19.5 Å². The third-order valence-corrected chi connectivity index (χ3v) is 6.19. The van der Waals surface area contributed by atoms with Gasteiger partial charge in [0.1, 0.15) is 25.1 Å². The summed E-state index contributed by atoms with van der Waals surface area (Å²) >= 11 is 0. The van der Waals surface area contributed by atoms with Crippen molar-refractivity contribution in [2.45, 2.75) is 24.5 Å². The fourth-order valence-corrected chi connectivity index (χ4v) is 4.19. The molecule has 0 spiro atoms. The topological polar surface area (TPSA) is 239 Å². The van der Waals surface area contributed by atoms with Gasteiger partial charge in [0, 0.05) is 29.4 Å². The third-order valence-electron chi connectivity index (χ3n) is 6.19. The fourth-order valence-electron chi connectivity index (χ4n) is 4.19. The maximum atomic E-state index is 10.3. The Balaban J connectivity index is 0.000000412. The van der Waals surface area contributed by atoms with Crippen LogP contribution < -0.4 is 19.5 Å². The smallest absolute Gasteiger partial charge is 0.336 e. The molecule has 1 unspecified atom stereocenters. The van der Waals surface area contributed by atoms with E-state index < -0.39 is 42.5 Å². The van der Waals surface area contributed by atoms with Gasteiger partial charge in [0.05, 0.1) is 25.5 Å². The average molecular weight is 617 g/mol. The summed E-state index contributed by atoms with van der Waals surface area (Å²) in [6.07, 6.45) is -2.92. The highest BCUT2D eigenvalue weighted by molar-refractivity contribution is 6.10. The van der Waals surface area contributed by atoms with Crippen molar-refractivity contribution in [2.75, 3.05) is 33.4 Å². The van der Waals surface area contributed by atoms with Gasteiger partial charge >= 0.3 is 17.9 Å². The van der Waals surface area contributed by atoms with Crippen LogP contribution in [0.2, 0.25) is 0 Å². The summed E-state index contributed by atoms with van der Waals surface area (Å²) in [6, 6.07) is 21.6. The lowest BCUT2D eigenvalue weighted by atomic mass is 9.96. The van der Waals surface area contributed by atoms with Crippen molar-refractivity contribution in [3.05, 3.63) is 66.7 Å². The molecule has 1 atom stereocenters. The van der Waals surface area contributed by atoms with Gasteiger partial charge in [-0.3, -0.25) is 9.59 Å². The maximum Gasteiger partial charge on any atom is 0.336 e. The Morgan fingerprint density at radius 1 is 0.841 bits per heavy atom. The van der Waals surface area contributed by atoms with E-state index in [1.165, 1.54) is 0 Å². The third kappa shape index (κ3) is 9.84. The number of aromatic nitrogens is 1. The summed E-state index contributed by atoms with van der Waals surface area (Å²) in [5.41, 5.74) is -0.645. The minimum Gasteiger partial charge on any atom is -0.493 e. The number of hydrogen-bond donors (Lipinski definition) is 7. The molecule has 9 N–H and O–H groups in total. The van der Waals surface area contributed by atoms with Crippen LogP contribution in [0.1, 0.15) is 12.8 Å². The lowest BCUT2D eigenvalue weighted by molar-refractivity contribution is -0.170. The molecule has 0 radical (unpaired) electrons. The quantitative estimate of drug-likeness (QED) is 0.0944. The zero-order chi connectivity index (χ0) is 31.4. The van der Waals surface area contributed by atoms with E-state index in [4.69, 9.17) is 34.6 Å². The van der Waals surface area contributed by atoms with Crippen molar-refractivity contribution < 1.29 is 59.6 Å². The molecular formula is C30H36N2O12. The fraction of sp³-hybridized carbons (Fsp3) is 0.300. The Morgan fingerprint density at radius 3 is 2.07 bits per heavy atom. The normalized spacial score (nSPS) is 11.5. The highest BCUT2D eigenvalue weighted by Crippen LogP contribution is 2.33. The molecule has 0 saturated heterocycles. The molecule has 0 saturated carbocycles. The number of benzene rings is 3. The van der Waals surface area contributed by atoms with Crippen LogP contribution >= 0.6 is 0 Å². The van der Waals surface area contributed by atoms with Gasteiger partial charge in [-0.2, -0.15) is 0 Å². The Labute approximate surface area is 251 Å². The Hall–Kier alpha value is -4.89. The van der Waals surface area contributed by atoms with Crippen molar-refractivity contribution in [3.63, 3.8) is 0 Å². The van der Waals surface area contributed by atoms with Gasteiger partial charge in [0.15, 0.2) is 17.1 Å². The van der Waals surface area contributed by atoms with Crippen LogP contribution in [-0.4, -0.2) is 99.0 Å². The molecule has 1 aromatic heterocycles. The summed E-state index contributed by atoms with van der Waals surface area (Å²) < 4.78 is 16.9. The molecule has 0 amide bonds. The van der Waals surface area contributed by atoms with Crippen molar-refractivity contribution >= 4 is 39.7 Å². The lowest BCUT2D eigenvalue weighted by Gasteiger charge is -2.18. The van der Waals surface area contributed by atoms with Crippen molar-refractivity contribution in [1.29, 1.82) is 0 Å². The van der Waals surface area contributed by atoms with Crippen LogP contribution in [0.3, 0.4) is 0 Å². The van der Waals surface area contributed by atoms with Gasteiger partial charge in [0.2, 0.25) is 0 Å². The first-order valence-corrected chi connectivity index (χ1v) is 13.2. The Kier molecular flexibility index (Phi) is 13.4. The first-order valence-electron chi connectivity index (χ1n) is 13.2. The largest absolute Gasteiger partial charge is 0.493 e. The zero-order valence-corrected chi connectivity index (χ0v) is 23.9. The van der Waals surface area contributed by atoms with Gasteiger partial charge in [-0.15, -0.1) is 0 Å². The highest BCUT2D eigenvalue weighted by Gasteiger charge is 2.40. The minimum absolute atomic E-state index is 0. The van der Waals surface area contributed by atoms with Crippen LogP contribution in [-0.2, 0) is 14.4 Å². The number of aliphatic carboxylic acids is 3. The standard InChI is InChI=1S/C24H26N2O4.C6H8O7.H2O/c1-28-21-10-4-5-11-22(21)29-14-13-25-15-17(27)16-30-23-12-6-9-20-24(23)18-7-2-3-8-19(18)26-20;7-3(8)1-6(13,5(11)12)2-4(9)10;/h2-12,17,25-27H,13-16H2,1H3;13H,1-2H2,(H,7,8)(H,9,10)(H,11,12);1H2. The number of nitrogens with one attached hydrogen (secondary N) is 2. The maximum absolute atomic E-state index is 10.3. The summed E-state index contributed by atoms with van der Waals surface area (Å²) in [5, 5.41) is 49.4. The molecule has 0 bridgehead atoms. The number of carbonyl (C=O) groups is 3. The van der Waals surface area contributed by atoms with Crippen molar-refractivity contribution in [1.82, 2.24) is 10.3 Å². The molecule has 14 nitrogen and oxygen atoms in total. The SMILES string of the molecule is COc1ccccc1OCCNCC(O)COc1cccc2[nH]c3ccccc3c12.O.O=C(O)CC(O)(CC(=O)O)C(=O)O. The molecule has 14 heteroatoms. The molecular weight excluding hydrogens is 580 g/mol. The number of aromatic amines is 1. The minimum atomic E-state index is -2.74. The number of hydrogen-bond acceptors (Lipinski definition) is 9. The number of aliphatic hydroxyl groups excluding tert-OH is 1. The molecule has 0 aliphatic carbocycles. The van der Waals surface area contributed by atoms with Gasteiger partial charge in [-0.1, -0.05) is 36.4 Å². The number of fused-ring (bicyclic) bond motifs is 3. The molecule has 44 heavy (non-hydrogen) atoms.